The highest BCUT2D eigenvalue weighted by Crippen LogP contribution is 2.30. The van der Waals surface area contributed by atoms with Gasteiger partial charge in [0.15, 0.2) is 0 Å². The number of carbonyl (C=O) groups excluding carboxylic acids is 1. The Balaban J connectivity index is 1.48. The van der Waals surface area contributed by atoms with Crippen LogP contribution in [-0.4, -0.2) is 18.5 Å². The summed E-state index contributed by atoms with van der Waals surface area (Å²) < 4.78 is 0. The highest BCUT2D eigenvalue weighted by atomic mass is 16.2. The Morgan fingerprint density at radius 1 is 1.29 bits per heavy atom. The van der Waals surface area contributed by atoms with E-state index in [9.17, 15) is 4.79 Å². The number of allylic oxidation sites excluding steroid dienone is 3. The summed E-state index contributed by atoms with van der Waals surface area (Å²) in [5, 5.41) is 6.29. The summed E-state index contributed by atoms with van der Waals surface area (Å²) in [6, 6.07) is 10.2. The lowest BCUT2D eigenvalue weighted by atomic mass is 9.82. The fourth-order valence-corrected chi connectivity index (χ4v) is 3.07. The Kier molecular flexibility index (Phi) is 4.39. The molecular formula is C18H22N2O. The van der Waals surface area contributed by atoms with Crippen LogP contribution in [0.5, 0.6) is 0 Å². The van der Waals surface area contributed by atoms with Gasteiger partial charge in [0.1, 0.15) is 6.04 Å². The Morgan fingerprint density at radius 3 is 3.00 bits per heavy atom. The number of hydrogen-bond donors (Lipinski definition) is 2. The van der Waals surface area contributed by atoms with Crippen LogP contribution < -0.4 is 10.6 Å². The van der Waals surface area contributed by atoms with Crippen molar-refractivity contribution in [2.75, 3.05) is 6.54 Å². The molecule has 2 atom stereocenters. The Hall–Kier alpha value is -2.03. The number of benzene rings is 1. The Labute approximate surface area is 126 Å². The average Bonchev–Trinajstić information content (AvgIpc) is 2.55. The van der Waals surface area contributed by atoms with Gasteiger partial charge in [-0.2, -0.15) is 0 Å². The molecule has 3 heteroatoms. The maximum absolute atomic E-state index is 12.2. The van der Waals surface area contributed by atoms with Crippen molar-refractivity contribution < 1.29 is 4.79 Å². The third-order valence-electron chi connectivity index (χ3n) is 4.31. The van der Waals surface area contributed by atoms with Gasteiger partial charge >= 0.3 is 0 Å². The first-order chi connectivity index (χ1) is 10.3. The van der Waals surface area contributed by atoms with Crippen molar-refractivity contribution >= 4 is 5.91 Å². The molecule has 0 saturated carbocycles. The first kappa shape index (κ1) is 13.9. The van der Waals surface area contributed by atoms with E-state index in [-0.39, 0.29) is 11.9 Å². The summed E-state index contributed by atoms with van der Waals surface area (Å²) in [4.78, 5) is 12.2. The van der Waals surface area contributed by atoms with Crippen LogP contribution in [0.1, 0.15) is 24.8 Å². The molecule has 1 amide bonds. The van der Waals surface area contributed by atoms with Crippen LogP contribution in [0, 0.1) is 5.92 Å². The van der Waals surface area contributed by atoms with E-state index < -0.39 is 0 Å². The van der Waals surface area contributed by atoms with Crippen molar-refractivity contribution in [2.24, 2.45) is 5.92 Å². The zero-order valence-corrected chi connectivity index (χ0v) is 12.2. The van der Waals surface area contributed by atoms with E-state index in [1.807, 2.05) is 24.4 Å². The van der Waals surface area contributed by atoms with Crippen LogP contribution in [0.15, 0.2) is 54.3 Å². The number of nitrogens with one attached hydrogen (secondary N) is 2. The summed E-state index contributed by atoms with van der Waals surface area (Å²) in [6.45, 7) is 0.697. The van der Waals surface area contributed by atoms with Crippen LogP contribution >= 0.6 is 0 Å². The minimum atomic E-state index is -0.0824. The number of hydrogen-bond acceptors (Lipinski definition) is 2. The number of rotatable bonds is 4. The van der Waals surface area contributed by atoms with Gasteiger partial charge < -0.3 is 10.6 Å². The van der Waals surface area contributed by atoms with Crippen LogP contribution in [0.25, 0.3) is 0 Å². The molecule has 1 aromatic rings. The second-order valence-electron chi connectivity index (χ2n) is 5.80. The van der Waals surface area contributed by atoms with E-state index in [1.54, 1.807) is 0 Å². The van der Waals surface area contributed by atoms with Gasteiger partial charge in [0.2, 0.25) is 5.91 Å². The zero-order valence-electron chi connectivity index (χ0n) is 12.2. The molecule has 3 rings (SSSR count). The lowest BCUT2D eigenvalue weighted by Crippen LogP contribution is -2.46. The van der Waals surface area contributed by atoms with E-state index in [0.29, 0.717) is 12.5 Å². The maximum atomic E-state index is 12.2. The van der Waals surface area contributed by atoms with Crippen molar-refractivity contribution in [3.05, 3.63) is 59.8 Å². The average molecular weight is 282 g/mol. The molecule has 1 aromatic carbocycles. The summed E-state index contributed by atoms with van der Waals surface area (Å²) in [5.41, 5.74) is 2.60. The van der Waals surface area contributed by atoms with Crippen LogP contribution in [0.2, 0.25) is 0 Å². The first-order valence-electron chi connectivity index (χ1n) is 7.77. The highest BCUT2D eigenvalue weighted by molar-refractivity contribution is 5.82. The van der Waals surface area contributed by atoms with Crippen molar-refractivity contribution in [3.63, 3.8) is 0 Å². The summed E-state index contributed by atoms with van der Waals surface area (Å²) in [6.07, 6.45) is 10.5. The molecule has 0 fully saturated rings. The molecule has 1 aliphatic carbocycles. The largest absolute Gasteiger partial charge is 0.379 e. The van der Waals surface area contributed by atoms with Gasteiger partial charge in [-0.1, -0.05) is 42.5 Å². The molecule has 0 radical (unpaired) electrons. The molecule has 0 saturated heterocycles. The second kappa shape index (κ2) is 6.61. The fraction of sp³-hybridized carbons (Fsp3) is 0.389. The molecule has 1 aliphatic heterocycles. The second-order valence-corrected chi connectivity index (χ2v) is 5.80. The molecule has 2 unspecified atom stereocenters. The van der Waals surface area contributed by atoms with Crippen molar-refractivity contribution in [1.82, 2.24) is 10.6 Å². The standard InChI is InChI=1S/C18H22N2O/c21-18(19-11-10-14-6-2-1-3-7-14)17-12-15-8-4-5-9-16(15)13-20-17/h1-3,5-7,9,13,15,17,20H,4,8,10-12H2,(H,19,21). The van der Waals surface area contributed by atoms with Crippen molar-refractivity contribution in [3.8, 4) is 0 Å². The third-order valence-corrected chi connectivity index (χ3v) is 4.31. The van der Waals surface area contributed by atoms with Crippen LogP contribution in [0.3, 0.4) is 0 Å². The Bertz CT molecular complexity index is 548. The first-order valence-corrected chi connectivity index (χ1v) is 7.77. The molecule has 0 aromatic heterocycles. The van der Waals surface area contributed by atoms with Crippen LogP contribution in [-0.2, 0) is 11.2 Å². The molecule has 110 valence electrons. The zero-order chi connectivity index (χ0) is 14.5. The smallest absolute Gasteiger partial charge is 0.242 e. The number of carbonyl (C=O) groups is 1. The Morgan fingerprint density at radius 2 is 2.14 bits per heavy atom. The summed E-state index contributed by atoms with van der Waals surface area (Å²) >= 11 is 0. The lowest BCUT2D eigenvalue weighted by molar-refractivity contribution is -0.123. The minimum Gasteiger partial charge on any atom is -0.379 e. The van der Waals surface area contributed by atoms with Gasteiger partial charge in [-0.3, -0.25) is 4.79 Å². The highest BCUT2D eigenvalue weighted by Gasteiger charge is 2.28. The van der Waals surface area contributed by atoms with E-state index in [0.717, 1.165) is 25.7 Å². The van der Waals surface area contributed by atoms with Gasteiger partial charge in [-0.05, 0) is 42.7 Å². The predicted octanol–water partition coefficient (Wildman–Crippen LogP) is 2.56. The molecular weight excluding hydrogens is 260 g/mol. The van der Waals surface area contributed by atoms with Gasteiger partial charge in [0, 0.05) is 12.7 Å². The monoisotopic (exact) mass is 282 g/mol. The quantitative estimate of drug-likeness (QED) is 0.891. The minimum absolute atomic E-state index is 0.0824. The van der Waals surface area contributed by atoms with Crippen molar-refractivity contribution in [2.45, 2.75) is 31.7 Å². The topological polar surface area (TPSA) is 41.1 Å². The third kappa shape index (κ3) is 3.54. The van der Waals surface area contributed by atoms with Gasteiger partial charge in [0.05, 0.1) is 0 Å². The number of amides is 1. The maximum Gasteiger partial charge on any atom is 0.242 e. The molecule has 0 spiro atoms. The summed E-state index contributed by atoms with van der Waals surface area (Å²) in [5.74, 6) is 0.664. The lowest BCUT2D eigenvalue weighted by Gasteiger charge is -2.31. The summed E-state index contributed by atoms with van der Waals surface area (Å²) in [7, 11) is 0. The molecule has 21 heavy (non-hydrogen) atoms. The van der Waals surface area contributed by atoms with E-state index in [2.05, 4.69) is 34.9 Å². The van der Waals surface area contributed by atoms with Gasteiger partial charge in [-0.25, -0.2) is 0 Å². The SMILES string of the molecule is O=C(NCCc1ccccc1)C1CC2CCC=CC2=CN1. The molecule has 2 aliphatic rings. The van der Waals surface area contributed by atoms with E-state index >= 15 is 0 Å². The molecule has 1 heterocycles. The van der Waals surface area contributed by atoms with E-state index in [4.69, 9.17) is 0 Å². The number of fused-ring (bicyclic) bond motifs is 1. The molecule has 3 nitrogen and oxygen atoms in total. The fourth-order valence-electron chi connectivity index (χ4n) is 3.07. The van der Waals surface area contributed by atoms with Crippen molar-refractivity contribution in [1.29, 1.82) is 0 Å². The van der Waals surface area contributed by atoms with Gasteiger partial charge in [-0.15, -0.1) is 0 Å². The normalized spacial score (nSPS) is 23.7. The van der Waals surface area contributed by atoms with E-state index in [1.165, 1.54) is 11.1 Å². The molecule has 0 bridgehead atoms. The molecule has 2 N–H and O–H groups in total. The van der Waals surface area contributed by atoms with Gasteiger partial charge in [0.25, 0.3) is 0 Å². The predicted molar refractivity (Wildman–Crippen MR) is 84.6 cm³/mol. The van der Waals surface area contributed by atoms with Crippen LogP contribution in [0.4, 0.5) is 0 Å².